The van der Waals surface area contributed by atoms with Crippen molar-refractivity contribution in [2.75, 3.05) is 32.8 Å². The highest BCUT2D eigenvalue weighted by atomic mass is 35.5. The molecule has 0 aliphatic carbocycles. The van der Waals surface area contributed by atoms with Crippen LogP contribution >= 0.6 is 11.6 Å². The molecule has 1 fully saturated rings. The fraction of sp³-hybridized carbons (Fsp3) is 0.409. The molecule has 2 aromatic carbocycles. The molecule has 4 rings (SSSR count). The standard InChI is InChI=1S/C22H25ClN2O3/c23-19-13-16(14-20-21(19)28-12-11-27-20)7-8-24-22(26)18-6-2-1-5-17(18)15-25-9-3-4-10-25/h1-2,5-6,13-14H,3-4,7-12,15H2,(H,24,26). The molecule has 2 heterocycles. The molecule has 1 N–H and O–H groups in total. The quantitative estimate of drug-likeness (QED) is 0.803. The first-order valence-electron chi connectivity index (χ1n) is 9.87. The number of amides is 1. The average molecular weight is 401 g/mol. The Morgan fingerprint density at radius 2 is 1.89 bits per heavy atom. The maximum Gasteiger partial charge on any atom is 0.251 e. The molecule has 148 valence electrons. The van der Waals surface area contributed by atoms with Gasteiger partial charge in [-0.25, -0.2) is 0 Å². The minimum Gasteiger partial charge on any atom is -0.486 e. The van der Waals surface area contributed by atoms with Crippen molar-refractivity contribution in [2.45, 2.75) is 25.8 Å². The Morgan fingerprint density at radius 3 is 2.75 bits per heavy atom. The molecule has 2 aliphatic rings. The van der Waals surface area contributed by atoms with Gasteiger partial charge in [0.2, 0.25) is 0 Å². The molecular formula is C22H25ClN2O3. The number of rotatable bonds is 6. The Balaban J connectivity index is 1.37. The molecule has 6 heteroatoms. The van der Waals surface area contributed by atoms with Crippen LogP contribution in [-0.2, 0) is 13.0 Å². The summed E-state index contributed by atoms with van der Waals surface area (Å²) < 4.78 is 11.2. The molecule has 0 unspecified atom stereocenters. The third-order valence-corrected chi connectivity index (χ3v) is 5.49. The molecule has 0 radical (unpaired) electrons. The highest BCUT2D eigenvalue weighted by Crippen LogP contribution is 2.38. The normalized spacial score (nSPS) is 16.2. The van der Waals surface area contributed by atoms with Crippen LogP contribution in [0.2, 0.25) is 5.02 Å². The number of carbonyl (C=O) groups is 1. The minimum absolute atomic E-state index is 0.0292. The molecule has 5 nitrogen and oxygen atoms in total. The lowest BCUT2D eigenvalue weighted by Crippen LogP contribution is -2.28. The topological polar surface area (TPSA) is 50.8 Å². The van der Waals surface area contributed by atoms with E-state index in [1.807, 2.05) is 36.4 Å². The fourth-order valence-electron chi connectivity index (χ4n) is 3.79. The van der Waals surface area contributed by atoms with Gasteiger partial charge in [-0.1, -0.05) is 29.8 Å². The number of carbonyl (C=O) groups excluding carboxylic acids is 1. The zero-order chi connectivity index (χ0) is 19.3. The van der Waals surface area contributed by atoms with E-state index >= 15 is 0 Å². The first-order valence-corrected chi connectivity index (χ1v) is 10.2. The number of hydrogen-bond acceptors (Lipinski definition) is 4. The maximum absolute atomic E-state index is 12.7. The van der Waals surface area contributed by atoms with Gasteiger partial charge in [0.15, 0.2) is 11.5 Å². The van der Waals surface area contributed by atoms with E-state index in [0.717, 1.165) is 36.3 Å². The summed E-state index contributed by atoms with van der Waals surface area (Å²) in [5.74, 6) is 1.26. The zero-order valence-electron chi connectivity index (χ0n) is 15.9. The zero-order valence-corrected chi connectivity index (χ0v) is 16.6. The second-order valence-corrected chi connectivity index (χ2v) is 7.66. The van der Waals surface area contributed by atoms with E-state index in [9.17, 15) is 4.79 Å². The number of ether oxygens (including phenoxy) is 2. The lowest BCUT2D eigenvalue weighted by molar-refractivity contribution is 0.0952. The van der Waals surface area contributed by atoms with Gasteiger partial charge >= 0.3 is 0 Å². The predicted molar refractivity (Wildman–Crippen MR) is 109 cm³/mol. The van der Waals surface area contributed by atoms with E-state index in [0.29, 0.717) is 42.7 Å². The fourth-order valence-corrected chi connectivity index (χ4v) is 4.07. The van der Waals surface area contributed by atoms with E-state index in [-0.39, 0.29) is 5.91 Å². The highest BCUT2D eigenvalue weighted by molar-refractivity contribution is 6.32. The number of likely N-dealkylation sites (tertiary alicyclic amines) is 1. The van der Waals surface area contributed by atoms with Crippen LogP contribution in [-0.4, -0.2) is 43.7 Å². The number of halogens is 1. The minimum atomic E-state index is -0.0292. The smallest absolute Gasteiger partial charge is 0.251 e. The summed E-state index contributed by atoms with van der Waals surface area (Å²) in [5.41, 5.74) is 2.86. The maximum atomic E-state index is 12.7. The van der Waals surface area contributed by atoms with Crippen LogP contribution in [0.15, 0.2) is 36.4 Å². The van der Waals surface area contributed by atoms with Gasteiger partial charge < -0.3 is 14.8 Å². The largest absolute Gasteiger partial charge is 0.486 e. The van der Waals surface area contributed by atoms with Crippen molar-refractivity contribution in [3.8, 4) is 11.5 Å². The first-order chi connectivity index (χ1) is 13.7. The summed E-state index contributed by atoms with van der Waals surface area (Å²) in [7, 11) is 0. The van der Waals surface area contributed by atoms with Gasteiger partial charge in [0.1, 0.15) is 13.2 Å². The first kappa shape index (κ1) is 19.1. The Hall–Kier alpha value is -2.24. The summed E-state index contributed by atoms with van der Waals surface area (Å²) in [5, 5.41) is 3.59. The second kappa shape index (κ2) is 8.84. The highest BCUT2D eigenvalue weighted by Gasteiger charge is 2.18. The number of nitrogens with one attached hydrogen (secondary N) is 1. The predicted octanol–water partition coefficient (Wildman–Crippen LogP) is 3.68. The van der Waals surface area contributed by atoms with Crippen LogP contribution in [0.3, 0.4) is 0 Å². The Labute approximate surface area is 170 Å². The van der Waals surface area contributed by atoms with Crippen molar-refractivity contribution < 1.29 is 14.3 Å². The lowest BCUT2D eigenvalue weighted by atomic mass is 10.1. The van der Waals surface area contributed by atoms with Crippen LogP contribution in [0.1, 0.15) is 34.3 Å². The van der Waals surface area contributed by atoms with Crippen LogP contribution in [0.25, 0.3) is 0 Å². The molecule has 1 amide bonds. The summed E-state index contributed by atoms with van der Waals surface area (Å²) in [6.07, 6.45) is 3.16. The third kappa shape index (κ3) is 4.42. The van der Waals surface area contributed by atoms with E-state index in [4.69, 9.17) is 21.1 Å². The van der Waals surface area contributed by atoms with Crippen molar-refractivity contribution in [2.24, 2.45) is 0 Å². The molecule has 0 aromatic heterocycles. The number of fused-ring (bicyclic) bond motifs is 1. The molecule has 0 atom stereocenters. The van der Waals surface area contributed by atoms with Gasteiger partial charge in [0, 0.05) is 18.7 Å². The monoisotopic (exact) mass is 400 g/mol. The SMILES string of the molecule is O=C(NCCc1cc(Cl)c2c(c1)OCCO2)c1ccccc1CN1CCCC1. The lowest BCUT2D eigenvalue weighted by Gasteiger charge is -2.20. The van der Waals surface area contributed by atoms with Gasteiger partial charge in [-0.15, -0.1) is 0 Å². The molecule has 0 bridgehead atoms. The van der Waals surface area contributed by atoms with E-state index in [1.165, 1.54) is 12.8 Å². The van der Waals surface area contributed by atoms with E-state index < -0.39 is 0 Å². The second-order valence-electron chi connectivity index (χ2n) is 7.25. The van der Waals surface area contributed by atoms with Crippen LogP contribution in [0, 0.1) is 0 Å². The van der Waals surface area contributed by atoms with Crippen LogP contribution in [0.5, 0.6) is 11.5 Å². The van der Waals surface area contributed by atoms with Crippen molar-refractivity contribution in [1.29, 1.82) is 0 Å². The van der Waals surface area contributed by atoms with E-state index in [1.54, 1.807) is 0 Å². The Kier molecular flexibility index (Phi) is 6.03. The summed E-state index contributed by atoms with van der Waals surface area (Å²) in [4.78, 5) is 15.1. The van der Waals surface area contributed by atoms with Crippen LogP contribution < -0.4 is 14.8 Å². The number of nitrogens with zero attached hydrogens (tertiary/aromatic N) is 1. The summed E-state index contributed by atoms with van der Waals surface area (Å²) in [6.45, 7) is 4.63. The molecule has 2 aromatic rings. The molecule has 2 aliphatic heterocycles. The molecule has 28 heavy (non-hydrogen) atoms. The van der Waals surface area contributed by atoms with Crippen molar-refractivity contribution in [3.63, 3.8) is 0 Å². The summed E-state index contributed by atoms with van der Waals surface area (Å²) >= 11 is 6.29. The van der Waals surface area contributed by atoms with Gasteiger partial charge in [-0.3, -0.25) is 9.69 Å². The Morgan fingerprint density at radius 1 is 1.11 bits per heavy atom. The van der Waals surface area contributed by atoms with Gasteiger partial charge in [0.05, 0.1) is 5.02 Å². The third-order valence-electron chi connectivity index (χ3n) is 5.21. The van der Waals surface area contributed by atoms with E-state index in [2.05, 4.69) is 10.2 Å². The van der Waals surface area contributed by atoms with Gasteiger partial charge in [-0.05, 0) is 61.7 Å². The summed E-state index contributed by atoms with van der Waals surface area (Å²) in [6, 6.07) is 11.7. The Bertz CT molecular complexity index is 850. The average Bonchev–Trinajstić information content (AvgIpc) is 3.21. The molecule has 1 saturated heterocycles. The number of hydrogen-bond donors (Lipinski definition) is 1. The van der Waals surface area contributed by atoms with Gasteiger partial charge in [0.25, 0.3) is 5.91 Å². The van der Waals surface area contributed by atoms with Crippen molar-refractivity contribution in [3.05, 3.63) is 58.1 Å². The van der Waals surface area contributed by atoms with Crippen LogP contribution in [0.4, 0.5) is 0 Å². The van der Waals surface area contributed by atoms with Crippen molar-refractivity contribution >= 4 is 17.5 Å². The van der Waals surface area contributed by atoms with Gasteiger partial charge in [-0.2, -0.15) is 0 Å². The molecule has 0 spiro atoms. The number of benzene rings is 2. The van der Waals surface area contributed by atoms with Crippen molar-refractivity contribution in [1.82, 2.24) is 10.2 Å². The molecular weight excluding hydrogens is 376 g/mol. The molecule has 0 saturated carbocycles.